The van der Waals surface area contributed by atoms with E-state index in [4.69, 9.17) is 0 Å². The second-order valence-corrected chi connectivity index (χ2v) is 7.32. The molecule has 1 nitrogen and oxygen atoms in total. The van der Waals surface area contributed by atoms with Crippen LogP contribution in [-0.2, 0) is 6.42 Å². The number of halogens is 2. The molecule has 18 heavy (non-hydrogen) atoms. The van der Waals surface area contributed by atoms with Crippen molar-refractivity contribution in [1.29, 1.82) is 0 Å². The van der Waals surface area contributed by atoms with Gasteiger partial charge in [0.05, 0.1) is 5.60 Å². The van der Waals surface area contributed by atoms with E-state index in [0.717, 1.165) is 22.9 Å². The zero-order valence-electron chi connectivity index (χ0n) is 11.1. The van der Waals surface area contributed by atoms with Crippen LogP contribution in [0.2, 0.25) is 0 Å². The van der Waals surface area contributed by atoms with Crippen LogP contribution in [0.1, 0.15) is 39.2 Å². The summed E-state index contributed by atoms with van der Waals surface area (Å²) in [7, 11) is 0. The summed E-state index contributed by atoms with van der Waals surface area (Å²) in [6.07, 6.45) is 2.41. The first-order chi connectivity index (χ1) is 8.22. The average molecular weight is 315 g/mol. The Morgan fingerprint density at radius 1 is 1.44 bits per heavy atom. The lowest BCUT2D eigenvalue weighted by molar-refractivity contribution is 0.00429. The van der Waals surface area contributed by atoms with Gasteiger partial charge in [-0.1, -0.05) is 42.8 Å². The third-order valence-corrected chi connectivity index (χ3v) is 4.81. The Balaban J connectivity index is 2.23. The monoisotopic (exact) mass is 314 g/mol. The first-order valence-electron chi connectivity index (χ1n) is 6.38. The summed E-state index contributed by atoms with van der Waals surface area (Å²) >= 11 is 3.38. The molecule has 100 valence electrons. The van der Waals surface area contributed by atoms with Crippen molar-refractivity contribution < 1.29 is 9.50 Å². The van der Waals surface area contributed by atoms with Crippen molar-refractivity contribution in [2.24, 2.45) is 11.3 Å². The Morgan fingerprint density at radius 3 is 2.61 bits per heavy atom. The van der Waals surface area contributed by atoms with Crippen molar-refractivity contribution in [3.8, 4) is 0 Å². The summed E-state index contributed by atoms with van der Waals surface area (Å²) in [5.74, 6) is 0.0156. The molecule has 0 spiro atoms. The van der Waals surface area contributed by atoms with Crippen LogP contribution >= 0.6 is 15.9 Å². The lowest BCUT2D eigenvalue weighted by Gasteiger charge is -2.29. The average Bonchev–Trinajstić information content (AvgIpc) is 2.40. The first-order valence-corrected chi connectivity index (χ1v) is 7.17. The SMILES string of the molecule is CC1CC(C)(C)CC1(O)Cc1ccc(F)cc1Br. The lowest BCUT2D eigenvalue weighted by atomic mass is 9.84. The molecule has 0 aliphatic heterocycles. The van der Waals surface area contributed by atoms with Gasteiger partial charge in [0.15, 0.2) is 0 Å². The van der Waals surface area contributed by atoms with E-state index in [1.807, 2.05) is 0 Å². The lowest BCUT2D eigenvalue weighted by Crippen LogP contribution is -2.34. The van der Waals surface area contributed by atoms with Gasteiger partial charge >= 0.3 is 0 Å². The number of benzene rings is 1. The predicted molar refractivity (Wildman–Crippen MR) is 74.9 cm³/mol. The fourth-order valence-corrected chi connectivity index (χ4v) is 3.82. The zero-order chi connectivity index (χ0) is 13.6. The summed E-state index contributed by atoms with van der Waals surface area (Å²) < 4.78 is 13.8. The fraction of sp³-hybridized carbons (Fsp3) is 0.600. The predicted octanol–water partition coefficient (Wildman–Crippen LogP) is 4.32. The third-order valence-electron chi connectivity index (χ3n) is 4.07. The Hall–Kier alpha value is -0.410. The molecule has 3 heteroatoms. The highest BCUT2D eigenvalue weighted by atomic mass is 79.9. The van der Waals surface area contributed by atoms with Gasteiger partial charge in [-0.05, 0) is 41.9 Å². The van der Waals surface area contributed by atoms with Gasteiger partial charge in [-0.2, -0.15) is 0 Å². The molecule has 2 atom stereocenters. The molecule has 2 unspecified atom stereocenters. The van der Waals surface area contributed by atoms with Crippen LogP contribution in [0.3, 0.4) is 0 Å². The minimum absolute atomic E-state index is 0.181. The second-order valence-electron chi connectivity index (χ2n) is 6.46. The molecule has 0 bridgehead atoms. The van der Waals surface area contributed by atoms with Crippen LogP contribution in [-0.4, -0.2) is 10.7 Å². The molecule has 0 amide bonds. The zero-order valence-corrected chi connectivity index (χ0v) is 12.7. The minimum Gasteiger partial charge on any atom is -0.389 e. The molecule has 1 aliphatic rings. The van der Waals surface area contributed by atoms with E-state index in [1.165, 1.54) is 12.1 Å². The summed E-state index contributed by atoms with van der Waals surface area (Å²) in [6, 6.07) is 4.67. The minimum atomic E-state index is -0.677. The maximum absolute atomic E-state index is 13.1. The molecule has 1 aliphatic carbocycles. The Kier molecular flexibility index (Phi) is 3.58. The highest BCUT2D eigenvalue weighted by molar-refractivity contribution is 9.10. The molecule has 1 aromatic carbocycles. The molecule has 0 radical (unpaired) electrons. The van der Waals surface area contributed by atoms with Crippen molar-refractivity contribution in [2.45, 2.75) is 45.6 Å². The van der Waals surface area contributed by atoms with Crippen molar-refractivity contribution >= 4 is 15.9 Å². The Bertz CT molecular complexity index is 458. The molecule has 0 aromatic heterocycles. The summed E-state index contributed by atoms with van der Waals surface area (Å²) in [6.45, 7) is 6.49. The highest BCUT2D eigenvalue weighted by Gasteiger charge is 2.47. The Morgan fingerprint density at radius 2 is 2.11 bits per heavy atom. The standard InChI is InChI=1S/C15H20BrFO/c1-10-7-14(2,3)9-15(10,18)8-11-4-5-12(17)6-13(11)16/h4-6,10,18H,7-9H2,1-3H3. The third kappa shape index (κ3) is 2.77. The van der Waals surface area contributed by atoms with Gasteiger partial charge in [-0.3, -0.25) is 0 Å². The number of aliphatic hydroxyl groups is 1. The highest BCUT2D eigenvalue weighted by Crippen LogP contribution is 2.49. The van der Waals surface area contributed by atoms with Gasteiger partial charge in [-0.15, -0.1) is 0 Å². The quantitative estimate of drug-likeness (QED) is 0.862. The van der Waals surface area contributed by atoms with E-state index in [9.17, 15) is 9.50 Å². The van der Waals surface area contributed by atoms with Gasteiger partial charge in [0.1, 0.15) is 5.82 Å². The van der Waals surface area contributed by atoms with Gasteiger partial charge in [-0.25, -0.2) is 4.39 Å². The van der Waals surface area contributed by atoms with Crippen molar-refractivity contribution in [2.75, 3.05) is 0 Å². The number of rotatable bonds is 2. The molecule has 1 saturated carbocycles. The normalized spacial score (nSPS) is 30.7. The van der Waals surface area contributed by atoms with Crippen LogP contribution in [0.4, 0.5) is 4.39 Å². The number of hydrogen-bond acceptors (Lipinski definition) is 1. The molecule has 1 fully saturated rings. The van der Waals surface area contributed by atoms with Crippen LogP contribution < -0.4 is 0 Å². The first kappa shape index (κ1) is 14.0. The van der Waals surface area contributed by atoms with Gasteiger partial charge in [0.25, 0.3) is 0 Å². The van der Waals surface area contributed by atoms with E-state index >= 15 is 0 Å². The maximum atomic E-state index is 13.1. The van der Waals surface area contributed by atoms with Crippen LogP contribution in [0.5, 0.6) is 0 Å². The molecule has 0 saturated heterocycles. The van der Waals surface area contributed by atoms with E-state index in [0.29, 0.717) is 6.42 Å². The van der Waals surface area contributed by atoms with Gasteiger partial charge in [0.2, 0.25) is 0 Å². The second kappa shape index (κ2) is 4.61. The maximum Gasteiger partial charge on any atom is 0.124 e. The molecular weight excluding hydrogens is 295 g/mol. The summed E-state index contributed by atoms with van der Waals surface area (Å²) in [4.78, 5) is 0. The van der Waals surface area contributed by atoms with E-state index in [-0.39, 0.29) is 17.2 Å². The van der Waals surface area contributed by atoms with Crippen LogP contribution in [0, 0.1) is 17.2 Å². The molecule has 1 aromatic rings. The van der Waals surface area contributed by atoms with Crippen molar-refractivity contribution in [3.63, 3.8) is 0 Å². The van der Waals surface area contributed by atoms with E-state index in [2.05, 4.69) is 36.7 Å². The van der Waals surface area contributed by atoms with Crippen LogP contribution in [0.25, 0.3) is 0 Å². The summed E-state index contributed by atoms with van der Waals surface area (Å²) in [5, 5.41) is 10.8. The topological polar surface area (TPSA) is 20.2 Å². The van der Waals surface area contributed by atoms with Gasteiger partial charge < -0.3 is 5.11 Å². The molecule has 1 N–H and O–H groups in total. The molecular formula is C15H20BrFO. The van der Waals surface area contributed by atoms with E-state index in [1.54, 1.807) is 6.07 Å². The largest absolute Gasteiger partial charge is 0.389 e. The van der Waals surface area contributed by atoms with Gasteiger partial charge in [0, 0.05) is 10.9 Å². The van der Waals surface area contributed by atoms with E-state index < -0.39 is 5.60 Å². The smallest absolute Gasteiger partial charge is 0.124 e. The number of hydrogen-bond donors (Lipinski definition) is 1. The summed E-state index contributed by atoms with van der Waals surface area (Å²) in [5.41, 5.74) is 0.480. The Labute approximate surface area is 117 Å². The van der Waals surface area contributed by atoms with Crippen LogP contribution in [0.15, 0.2) is 22.7 Å². The molecule has 2 rings (SSSR count). The van der Waals surface area contributed by atoms with Crippen molar-refractivity contribution in [1.82, 2.24) is 0 Å². The molecule has 0 heterocycles. The van der Waals surface area contributed by atoms with Crippen molar-refractivity contribution in [3.05, 3.63) is 34.1 Å². The fourth-order valence-electron chi connectivity index (χ4n) is 3.33.